The van der Waals surface area contributed by atoms with Crippen molar-refractivity contribution in [2.24, 2.45) is 4.99 Å². The summed E-state index contributed by atoms with van der Waals surface area (Å²) < 4.78 is 1.08. The van der Waals surface area contributed by atoms with Crippen LogP contribution in [0.1, 0.15) is 29.0 Å². The molecule has 37 heavy (non-hydrogen) atoms. The Balaban J connectivity index is 1.72. The molecule has 0 saturated carbocycles. The maximum Gasteiger partial charge on any atom is 0.164 e. The molecule has 4 aromatic rings. The summed E-state index contributed by atoms with van der Waals surface area (Å²) in [5, 5.41) is 20.5. The standard InChI is InChI=1S/C32H21BrN4/c33-30-27(22-10-4-1-5-11-22)19-32(26-14-8-3-9-15-26)36-28-17-16-24(25(20-34)21-35)18-29(28)37(32)31(30)23-12-6-2-7-13-23/h1-18,27H,19H2. The van der Waals surface area contributed by atoms with Crippen molar-refractivity contribution in [3.63, 3.8) is 0 Å². The minimum atomic E-state index is -0.704. The highest BCUT2D eigenvalue weighted by Crippen LogP contribution is 2.56. The largest absolute Gasteiger partial charge is 0.309 e. The summed E-state index contributed by atoms with van der Waals surface area (Å²) in [5.74, 6) is 0.0748. The zero-order valence-electron chi connectivity index (χ0n) is 19.8. The van der Waals surface area contributed by atoms with E-state index < -0.39 is 5.66 Å². The Kier molecular flexibility index (Phi) is 5.72. The summed E-state index contributed by atoms with van der Waals surface area (Å²) in [6.45, 7) is 0. The molecule has 0 fully saturated rings. The maximum absolute atomic E-state index is 9.56. The molecule has 0 saturated heterocycles. The van der Waals surface area contributed by atoms with Crippen LogP contribution in [0.5, 0.6) is 0 Å². The van der Waals surface area contributed by atoms with Crippen molar-refractivity contribution in [3.05, 3.63) is 141 Å². The first-order valence-corrected chi connectivity index (χ1v) is 12.9. The van der Waals surface area contributed by atoms with Gasteiger partial charge in [0, 0.05) is 27.6 Å². The van der Waals surface area contributed by atoms with Gasteiger partial charge in [0.15, 0.2) is 5.66 Å². The Morgan fingerprint density at radius 2 is 1.46 bits per heavy atom. The van der Waals surface area contributed by atoms with Crippen molar-refractivity contribution in [2.75, 3.05) is 4.90 Å². The fourth-order valence-electron chi connectivity index (χ4n) is 5.47. The van der Waals surface area contributed by atoms with Crippen LogP contribution in [0.25, 0.3) is 11.3 Å². The molecule has 5 heteroatoms. The van der Waals surface area contributed by atoms with E-state index in [0.717, 1.165) is 38.8 Å². The third kappa shape index (κ3) is 3.68. The second-order valence-electron chi connectivity index (χ2n) is 9.16. The molecule has 4 aromatic carbocycles. The lowest BCUT2D eigenvalue weighted by Crippen LogP contribution is -2.46. The molecule has 4 nitrogen and oxygen atoms in total. The molecule has 0 amide bonds. The molecular weight excluding hydrogens is 520 g/mol. The van der Waals surface area contributed by atoms with E-state index in [2.05, 4.69) is 81.5 Å². The molecule has 0 N–H and O–H groups in total. The van der Waals surface area contributed by atoms with Crippen LogP contribution < -0.4 is 15.5 Å². The van der Waals surface area contributed by atoms with E-state index in [1.807, 2.05) is 60.7 Å². The SMILES string of the molecule is N#CC(C#N)=c1ccc2c(c1)N1C(c3ccccc3)=C(Br)C(c3ccccc3)CC1(c1ccccc1)N=2. The van der Waals surface area contributed by atoms with Crippen LogP contribution in [0.15, 0.2) is 119 Å². The topological polar surface area (TPSA) is 63.2 Å². The minimum absolute atomic E-state index is 0.0748. The smallest absolute Gasteiger partial charge is 0.164 e. The highest BCUT2D eigenvalue weighted by atomic mass is 79.9. The number of hydrogen-bond donors (Lipinski definition) is 0. The zero-order valence-corrected chi connectivity index (χ0v) is 21.4. The van der Waals surface area contributed by atoms with Gasteiger partial charge in [-0.3, -0.25) is 4.99 Å². The van der Waals surface area contributed by atoms with E-state index >= 15 is 0 Å². The summed E-state index contributed by atoms with van der Waals surface area (Å²) in [6, 6.07) is 41.0. The number of rotatable bonds is 3. The van der Waals surface area contributed by atoms with Crippen LogP contribution in [0.2, 0.25) is 0 Å². The Morgan fingerprint density at radius 1 is 0.838 bits per heavy atom. The summed E-state index contributed by atoms with van der Waals surface area (Å²) in [5.41, 5.74) is 4.66. The number of halogens is 1. The molecule has 0 spiro atoms. The fourth-order valence-corrected chi connectivity index (χ4v) is 6.31. The molecule has 0 radical (unpaired) electrons. The lowest BCUT2D eigenvalue weighted by atomic mass is 9.79. The molecule has 2 unspecified atom stereocenters. The van der Waals surface area contributed by atoms with Gasteiger partial charge in [0.05, 0.1) is 16.7 Å². The predicted molar refractivity (Wildman–Crippen MR) is 149 cm³/mol. The van der Waals surface area contributed by atoms with Gasteiger partial charge in [-0.15, -0.1) is 0 Å². The van der Waals surface area contributed by atoms with E-state index in [1.54, 1.807) is 0 Å². The molecule has 2 heterocycles. The summed E-state index contributed by atoms with van der Waals surface area (Å²) in [4.78, 5) is 7.71. The molecular formula is C32H21BrN4. The lowest BCUT2D eigenvalue weighted by Gasteiger charge is -2.47. The fraction of sp³-hybridized carbons (Fsp3) is 0.0938. The lowest BCUT2D eigenvalue weighted by molar-refractivity contribution is 0.395. The number of nitriles is 2. The zero-order chi connectivity index (χ0) is 25.4. The first-order chi connectivity index (χ1) is 18.2. The van der Waals surface area contributed by atoms with Crippen molar-refractivity contribution in [2.45, 2.75) is 18.0 Å². The van der Waals surface area contributed by atoms with Crippen molar-refractivity contribution in [3.8, 4) is 12.1 Å². The van der Waals surface area contributed by atoms with Crippen LogP contribution in [-0.4, -0.2) is 0 Å². The average Bonchev–Trinajstić information content (AvgIpc) is 3.29. The van der Waals surface area contributed by atoms with Crippen molar-refractivity contribution < 1.29 is 0 Å². The first-order valence-electron chi connectivity index (χ1n) is 12.1. The van der Waals surface area contributed by atoms with Crippen molar-refractivity contribution >= 4 is 32.9 Å². The van der Waals surface area contributed by atoms with Crippen LogP contribution >= 0.6 is 15.9 Å². The van der Waals surface area contributed by atoms with Crippen LogP contribution in [0, 0.1) is 22.7 Å². The number of anilines is 1. The van der Waals surface area contributed by atoms with Crippen LogP contribution in [0.3, 0.4) is 0 Å². The average molecular weight is 541 g/mol. The summed E-state index contributed by atoms with van der Waals surface area (Å²) in [6.07, 6.45) is 0.717. The Morgan fingerprint density at radius 3 is 2.11 bits per heavy atom. The quantitative estimate of drug-likeness (QED) is 0.314. The van der Waals surface area contributed by atoms with Gasteiger partial charge in [0.1, 0.15) is 17.7 Å². The highest BCUT2D eigenvalue weighted by Gasteiger charge is 2.51. The van der Waals surface area contributed by atoms with Crippen LogP contribution in [-0.2, 0) is 5.66 Å². The van der Waals surface area contributed by atoms with Gasteiger partial charge in [0.2, 0.25) is 0 Å². The third-order valence-electron chi connectivity index (χ3n) is 7.13. The third-order valence-corrected chi connectivity index (χ3v) is 8.06. The van der Waals surface area contributed by atoms with E-state index in [-0.39, 0.29) is 11.5 Å². The molecule has 6 rings (SSSR count). The number of fused-ring (bicyclic) bond motifs is 3. The van der Waals surface area contributed by atoms with Gasteiger partial charge in [-0.05, 0) is 23.3 Å². The number of benzene rings is 4. The van der Waals surface area contributed by atoms with E-state index in [9.17, 15) is 10.5 Å². The Hall–Kier alpha value is -4.45. The number of nitrogens with zero attached hydrogens (tertiary/aromatic N) is 4. The van der Waals surface area contributed by atoms with Gasteiger partial charge < -0.3 is 4.90 Å². The molecule has 2 aliphatic heterocycles. The minimum Gasteiger partial charge on any atom is -0.309 e. The molecule has 0 bridgehead atoms. The molecule has 0 aromatic heterocycles. The normalized spacial score (nSPS) is 19.8. The number of hydrogen-bond acceptors (Lipinski definition) is 4. The van der Waals surface area contributed by atoms with E-state index in [1.165, 1.54) is 5.56 Å². The summed E-state index contributed by atoms with van der Waals surface area (Å²) >= 11 is 4.04. The van der Waals surface area contributed by atoms with Crippen LogP contribution in [0.4, 0.5) is 5.69 Å². The molecule has 0 aliphatic carbocycles. The van der Waals surface area contributed by atoms with Gasteiger partial charge in [-0.25, -0.2) is 0 Å². The predicted octanol–water partition coefficient (Wildman–Crippen LogP) is 6.13. The second-order valence-corrected chi connectivity index (χ2v) is 10.0. The monoisotopic (exact) mass is 540 g/mol. The molecule has 176 valence electrons. The molecule has 2 atom stereocenters. The maximum atomic E-state index is 9.56. The first kappa shape index (κ1) is 23.0. The Bertz CT molecular complexity index is 1720. The van der Waals surface area contributed by atoms with E-state index in [0.29, 0.717) is 5.22 Å². The second kappa shape index (κ2) is 9.21. The summed E-state index contributed by atoms with van der Waals surface area (Å²) in [7, 11) is 0. The van der Waals surface area contributed by atoms with Gasteiger partial charge >= 0.3 is 0 Å². The van der Waals surface area contributed by atoms with Crippen molar-refractivity contribution in [1.29, 1.82) is 10.5 Å². The highest BCUT2D eigenvalue weighted by molar-refractivity contribution is 9.11. The van der Waals surface area contributed by atoms with Gasteiger partial charge in [-0.1, -0.05) is 113 Å². The van der Waals surface area contributed by atoms with E-state index in [4.69, 9.17) is 4.99 Å². The number of allylic oxidation sites excluding steroid dienone is 1. The van der Waals surface area contributed by atoms with Gasteiger partial charge in [-0.2, -0.15) is 10.5 Å². The van der Waals surface area contributed by atoms with Gasteiger partial charge in [0.25, 0.3) is 0 Å². The Labute approximate surface area is 223 Å². The van der Waals surface area contributed by atoms with Crippen molar-refractivity contribution in [1.82, 2.24) is 0 Å². The molecule has 2 aliphatic rings.